The number of hydrogen-bond donors (Lipinski definition) is 1. The molecule has 0 unspecified atom stereocenters. The van der Waals surface area contributed by atoms with Crippen molar-refractivity contribution < 1.29 is 0 Å². The first-order valence-electron chi connectivity index (χ1n) is 4.43. The molecule has 2 heterocycles. The number of nitrogens with one attached hydrogen (secondary N) is 1. The fraction of sp³-hybridized carbons (Fsp3) is 0.333. The minimum absolute atomic E-state index is 0.482. The third-order valence-electron chi connectivity index (χ3n) is 1.99. The maximum Gasteiger partial charge on any atom is 0.155 e. The molecule has 0 aromatic carbocycles. The van der Waals surface area contributed by atoms with Gasteiger partial charge in [0.1, 0.15) is 5.15 Å². The van der Waals surface area contributed by atoms with Crippen LogP contribution in [-0.2, 0) is 6.42 Å². The van der Waals surface area contributed by atoms with Gasteiger partial charge < -0.3 is 9.72 Å². The van der Waals surface area contributed by atoms with Gasteiger partial charge in [-0.15, -0.1) is 0 Å². The summed E-state index contributed by atoms with van der Waals surface area (Å²) < 4.78 is 1.89. The van der Waals surface area contributed by atoms with Crippen molar-refractivity contribution in [1.29, 1.82) is 0 Å². The molecule has 2 aromatic rings. The van der Waals surface area contributed by atoms with Crippen LogP contribution in [-0.4, -0.2) is 28.0 Å². The summed E-state index contributed by atoms with van der Waals surface area (Å²) in [5.41, 5.74) is 1.88. The zero-order valence-corrected chi connectivity index (χ0v) is 8.62. The summed E-state index contributed by atoms with van der Waals surface area (Å²) in [6.07, 6.45) is 6.31. The molecule has 0 amide bonds. The van der Waals surface area contributed by atoms with Gasteiger partial charge in [0.05, 0.1) is 11.9 Å². The fourth-order valence-corrected chi connectivity index (χ4v) is 1.45. The van der Waals surface area contributed by atoms with Crippen LogP contribution in [0.15, 0.2) is 18.6 Å². The highest BCUT2D eigenvalue weighted by Gasteiger charge is 2.01. The Labute approximate surface area is 86.9 Å². The molecule has 5 heteroatoms. The summed E-state index contributed by atoms with van der Waals surface area (Å²) in [4.78, 5) is 8.36. The van der Waals surface area contributed by atoms with Crippen molar-refractivity contribution >= 4 is 17.2 Å². The molecule has 0 aliphatic carbocycles. The molecule has 0 spiro atoms. The Kier molecular flexibility index (Phi) is 2.65. The van der Waals surface area contributed by atoms with E-state index in [1.807, 2.05) is 17.6 Å². The highest BCUT2D eigenvalue weighted by Crippen LogP contribution is 2.08. The molecule has 0 aliphatic heterocycles. The third-order valence-corrected chi connectivity index (χ3v) is 2.19. The number of hydrogen-bond acceptors (Lipinski definition) is 3. The third kappa shape index (κ3) is 1.86. The standard InChI is InChI=1S/C9H11ClN4/c1-11-3-2-7-5-14-6-8(10)12-4-9(14)13-7/h4-6,11H,2-3H2,1H3. The molecule has 1 N–H and O–H groups in total. The van der Waals surface area contributed by atoms with Gasteiger partial charge in [-0.05, 0) is 7.05 Å². The van der Waals surface area contributed by atoms with E-state index in [0.717, 1.165) is 24.3 Å². The predicted octanol–water partition coefficient (Wildman–Crippen LogP) is 1.14. The van der Waals surface area contributed by atoms with Crippen LogP contribution in [0.4, 0.5) is 0 Å². The van der Waals surface area contributed by atoms with E-state index in [4.69, 9.17) is 11.6 Å². The van der Waals surface area contributed by atoms with Crippen molar-refractivity contribution in [2.75, 3.05) is 13.6 Å². The highest BCUT2D eigenvalue weighted by atomic mass is 35.5. The molecule has 0 bridgehead atoms. The van der Waals surface area contributed by atoms with Crippen LogP contribution in [0.2, 0.25) is 5.15 Å². The van der Waals surface area contributed by atoms with Gasteiger partial charge in [-0.3, -0.25) is 0 Å². The van der Waals surface area contributed by atoms with Crippen LogP contribution >= 0.6 is 11.6 Å². The smallest absolute Gasteiger partial charge is 0.155 e. The van der Waals surface area contributed by atoms with Crippen LogP contribution in [0.5, 0.6) is 0 Å². The first kappa shape index (κ1) is 9.43. The number of likely N-dealkylation sites (N-methyl/N-ethyl adjacent to an activating group) is 1. The number of nitrogens with zero attached hydrogens (tertiary/aromatic N) is 3. The van der Waals surface area contributed by atoms with Crippen molar-refractivity contribution in [3.05, 3.63) is 29.4 Å². The quantitative estimate of drug-likeness (QED) is 0.827. The average molecular weight is 211 g/mol. The second-order valence-corrected chi connectivity index (χ2v) is 3.45. The van der Waals surface area contributed by atoms with E-state index < -0.39 is 0 Å². The van der Waals surface area contributed by atoms with Crippen LogP contribution < -0.4 is 5.32 Å². The molecule has 14 heavy (non-hydrogen) atoms. The summed E-state index contributed by atoms with van der Waals surface area (Å²) in [5.74, 6) is 0. The Bertz CT molecular complexity index is 437. The molecule has 0 fully saturated rings. The lowest BCUT2D eigenvalue weighted by atomic mass is 10.3. The van der Waals surface area contributed by atoms with Gasteiger partial charge in [0.15, 0.2) is 5.65 Å². The Morgan fingerprint density at radius 1 is 1.50 bits per heavy atom. The molecule has 0 aliphatic rings. The summed E-state index contributed by atoms with van der Waals surface area (Å²) in [7, 11) is 1.92. The van der Waals surface area contributed by atoms with E-state index in [2.05, 4.69) is 15.3 Å². The van der Waals surface area contributed by atoms with Crippen LogP contribution in [0.1, 0.15) is 5.69 Å². The monoisotopic (exact) mass is 210 g/mol. The van der Waals surface area contributed by atoms with Gasteiger partial charge in [0.25, 0.3) is 0 Å². The molecule has 74 valence electrons. The first-order valence-corrected chi connectivity index (χ1v) is 4.81. The molecule has 0 atom stereocenters. The minimum Gasteiger partial charge on any atom is -0.319 e. The lowest BCUT2D eigenvalue weighted by Crippen LogP contribution is -2.10. The zero-order chi connectivity index (χ0) is 9.97. The Hall–Kier alpha value is -1.13. The molecule has 0 radical (unpaired) electrons. The van der Waals surface area contributed by atoms with E-state index in [9.17, 15) is 0 Å². The molecule has 4 nitrogen and oxygen atoms in total. The van der Waals surface area contributed by atoms with Gasteiger partial charge in [-0.2, -0.15) is 0 Å². The van der Waals surface area contributed by atoms with Crippen molar-refractivity contribution in [3.63, 3.8) is 0 Å². The summed E-state index contributed by atoms with van der Waals surface area (Å²) >= 11 is 5.76. The average Bonchev–Trinajstić information content (AvgIpc) is 2.56. The van der Waals surface area contributed by atoms with E-state index in [1.165, 1.54) is 0 Å². The number of imidazole rings is 1. The lowest BCUT2D eigenvalue weighted by molar-refractivity contribution is 0.780. The lowest BCUT2D eigenvalue weighted by Gasteiger charge is -1.92. The van der Waals surface area contributed by atoms with Crippen molar-refractivity contribution in [2.45, 2.75) is 6.42 Å². The molecule has 0 saturated carbocycles. The number of aromatic nitrogens is 3. The van der Waals surface area contributed by atoms with Gasteiger partial charge in [0, 0.05) is 25.4 Å². The van der Waals surface area contributed by atoms with Crippen molar-refractivity contribution in [1.82, 2.24) is 19.7 Å². The normalized spacial score (nSPS) is 11.0. The predicted molar refractivity (Wildman–Crippen MR) is 55.6 cm³/mol. The van der Waals surface area contributed by atoms with Gasteiger partial charge in [0.2, 0.25) is 0 Å². The first-order chi connectivity index (χ1) is 6.79. The second kappa shape index (κ2) is 3.94. The zero-order valence-electron chi connectivity index (χ0n) is 7.87. The topological polar surface area (TPSA) is 42.2 Å². The van der Waals surface area contributed by atoms with Gasteiger partial charge in [-0.25, -0.2) is 9.97 Å². The SMILES string of the molecule is CNCCc1cn2cc(Cl)ncc2n1. The largest absolute Gasteiger partial charge is 0.319 e. The summed E-state index contributed by atoms with van der Waals surface area (Å²) in [5, 5.41) is 3.56. The van der Waals surface area contributed by atoms with Crippen LogP contribution in [0.3, 0.4) is 0 Å². The molecule has 2 rings (SSSR count). The summed E-state index contributed by atoms with van der Waals surface area (Å²) in [6, 6.07) is 0. The maximum absolute atomic E-state index is 5.76. The molecule has 0 saturated heterocycles. The minimum atomic E-state index is 0.482. The summed E-state index contributed by atoms with van der Waals surface area (Å²) in [6.45, 7) is 0.922. The van der Waals surface area contributed by atoms with E-state index >= 15 is 0 Å². The number of rotatable bonds is 3. The van der Waals surface area contributed by atoms with Crippen molar-refractivity contribution in [2.24, 2.45) is 0 Å². The molecular weight excluding hydrogens is 200 g/mol. The van der Waals surface area contributed by atoms with E-state index in [0.29, 0.717) is 5.15 Å². The Balaban J connectivity index is 2.32. The van der Waals surface area contributed by atoms with Gasteiger partial charge >= 0.3 is 0 Å². The van der Waals surface area contributed by atoms with E-state index in [1.54, 1.807) is 12.4 Å². The van der Waals surface area contributed by atoms with Crippen molar-refractivity contribution in [3.8, 4) is 0 Å². The van der Waals surface area contributed by atoms with E-state index in [-0.39, 0.29) is 0 Å². The Morgan fingerprint density at radius 3 is 3.14 bits per heavy atom. The number of fused-ring (bicyclic) bond motifs is 1. The highest BCUT2D eigenvalue weighted by molar-refractivity contribution is 6.29. The molecule has 2 aromatic heterocycles. The number of halogens is 1. The fourth-order valence-electron chi connectivity index (χ4n) is 1.30. The maximum atomic E-state index is 5.76. The second-order valence-electron chi connectivity index (χ2n) is 3.06. The van der Waals surface area contributed by atoms with Crippen LogP contribution in [0.25, 0.3) is 5.65 Å². The van der Waals surface area contributed by atoms with Crippen LogP contribution in [0, 0.1) is 0 Å². The Morgan fingerprint density at radius 2 is 2.36 bits per heavy atom. The molecular formula is C9H11ClN4. The van der Waals surface area contributed by atoms with Gasteiger partial charge in [-0.1, -0.05) is 11.6 Å².